The summed E-state index contributed by atoms with van der Waals surface area (Å²) >= 11 is 3.19. The number of ether oxygens (including phenoxy) is 1. The Bertz CT molecular complexity index is 625. The molecule has 100 valence electrons. The maximum Gasteiger partial charge on any atom is 0.358 e. The standard InChI is InChI=1S/C13H12BrFN2O2/c1-3-19-13(18)11-7(2)16-12(17-11)9-5-4-8(14)6-10(9)15/h4-6H,3H2,1-2H3,(H,16,17). The van der Waals surface area contributed by atoms with Gasteiger partial charge in [0.25, 0.3) is 0 Å². The molecular weight excluding hydrogens is 315 g/mol. The van der Waals surface area contributed by atoms with Crippen LogP contribution in [0.5, 0.6) is 0 Å². The van der Waals surface area contributed by atoms with Crippen LogP contribution in [-0.2, 0) is 4.74 Å². The SMILES string of the molecule is CCOC(=O)c1nc(-c2ccc(Br)cc2F)[nH]c1C. The number of carbonyl (C=O) groups excluding carboxylic acids is 1. The summed E-state index contributed by atoms with van der Waals surface area (Å²) in [6.07, 6.45) is 0. The largest absolute Gasteiger partial charge is 0.461 e. The summed E-state index contributed by atoms with van der Waals surface area (Å²) in [5.74, 6) is -0.621. The Morgan fingerprint density at radius 1 is 1.53 bits per heavy atom. The third-order valence-electron chi connectivity index (χ3n) is 2.54. The first kappa shape index (κ1) is 13.7. The van der Waals surface area contributed by atoms with E-state index in [-0.39, 0.29) is 12.3 Å². The van der Waals surface area contributed by atoms with Crippen molar-refractivity contribution < 1.29 is 13.9 Å². The van der Waals surface area contributed by atoms with Crippen molar-refractivity contribution in [3.63, 3.8) is 0 Å². The number of imidazole rings is 1. The highest BCUT2D eigenvalue weighted by Gasteiger charge is 2.18. The first-order valence-corrected chi connectivity index (χ1v) is 6.51. The third-order valence-corrected chi connectivity index (χ3v) is 3.03. The molecule has 0 aliphatic heterocycles. The van der Waals surface area contributed by atoms with Crippen LogP contribution in [-0.4, -0.2) is 22.5 Å². The second-order valence-electron chi connectivity index (χ2n) is 3.90. The molecule has 0 aliphatic rings. The number of H-pyrrole nitrogens is 1. The van der Waals surface area contributed by atoms with Gasteiger partial charge < -0.3 is 9.72 Å². The van der Waals surface area contributed by atoms with Gasteiger partial charge in [-0.15, -0.1) is 0 Å². The van der Waals surface area contributed by atoms with Gasteiger partial charge in [0, 0.05) is 10.2 Å². The van der Waals surface area contributed by atoms with E-state index in [1.165, 1.54) is 6.07 Å². The highest BCUT2D eigenvalue weighted by Crippen LogP contribution is 2.24. The van der Waals surface area contributed by atoms with E-state index in [0.717, 1.165) is 0 Å². The van der Waals surface area contributed by atoms with Crippen LogP contribution in [0.1, 0.15) is 23.1 Å². The van der Waals surface area contributed by atoms with E-state index in [0.29, 0.717) is 21.6 Å². The van der Waals surface area contributed by atoms with E-state index in [1.807, 2.05) is 0 Å². The van der Waals surface area contributed by atoms with E-state index in [2.05, 4.69) is 25.9 Å². The summed E-state index contributed by atoms with van der Waals surface area (Å²) in [5.41, 5.74) is 1.04. The zero-order chi connectivity index (χ0) is 14.0. The number of halogens is 2. The van der Waals surface area contributed by atoms with Crippen molar-refractivity contribution in [1.29, 1.82) is 0 Å². The molecular formula is C13H12BrFN2O2. The Morgan fingerprint density at radius 3 is 2.89 bits per heavy atom. The van der Waals surface area contributed by atoms with Crippen LogP contribution in [0.25, 0.3) is 11.4 Å². The number of benzene rings is 1. The molecule has 0 bridgehead atoms. The van der Waals surface area contributed by atoms with E-state index in [9.17, 15) is 9.18 Å². The smallest absolute Gasteiger partial charge is 0.358 e. The zero-order valence-electron chi connectivity index (χ0n) is 10.5. The number of hydrogen-bond acceptors (Lipinski definition) is 3. The van der Waals surface area contributed by atoms with Gasteiger partial charge in [-0.1, -0.05) is 15.9 Å². The van der Waals surface area contributed by atoms with Crippen LogP contribution < -0.4 is 0 Å². The minimum Gasteiger partial charge on any atom is -0.461 e. The van der Waals surface area contributed by atoms with Crippen LogP contribution in [0, 0.1) is 12.7 Å². The van der Waals surface area contributed by atoms with E-state index in [1.54, 1.807) is 26.0 Å². The number of nitrogens with zero attached hydrogens (tertiary/aromatic N) is 1. The van der Waals surface area contributed by atoms with Gasteiger partial charge in [-0.25, -0.2) is 14.2 Å². The van der Waals surface area contributed by atoms with Gasteiger partial charge in [0.2, 0.25) is 0 Å². The van der Waals surface area contributed by atoms with Crippen LogP contribution in [0.15, 0.2) is 22.7 Å². The molecule has 0 spiro atoms. The third kappa shape index (κ3) is 2.84. The maximum atomic E-state index is 13.8. The number of nitrogens with one attached hydrogen (secondary N) is 1. The number of aromatic amines is 1. The molecule has 4 nitrogen and oxygen atoms in total. The molecule has 1 aromatic carbocycles. The fourth-order valence-corrected chi connectivity index (χ4v) is 2.00. The fourth-order valence-electron chi connectivity index (χ4n) is 1.67. The molecule has 1 N–H and O–H groups in total. The molecule has 0 saturated heterocycles. The Hall–Kier alpha value is -1.69. The van der Waals surface area contributed by atoms with Crippen molar-refractivity contribution in [3.8, 4) is 11.4 Å². The number of rotatable bonds is 3. The van der Waals surface area contributed by atoms with Gasteiger partial charge in [0.15, 0.2) is 5.69 Å². The average Bonchev–Trinajstić information content (AvgIpc) is 2.71. The van der Waals surface area contributed by atoms with Crippen molar-refractivity contribution >= 4 is 21.9 Å². The number of carbonyl (C=O) groups is 1. The Balaban J connectivity index is 2.42. The summed E-state index contributed by atoms with van der Waals surface area (Å²) < 4.78 is 19.3. The molecule has 2 aromatic rings. The summed E-state index contributed by atoms with van der Waals surface area (Å²) in [5, 5.41) is 0. The normalized spacial score (nSPS) is 10.5. The lowest BCUT2D eigenvalue weighted by Gasteiger charge is -1.99. The maximum absolute atomic E-state index is 13.8. The van der Waals surface area contributed by atoms with Crippen molar-refractivity contribution in [2.45, 2.75) is 13.8 Å². The molecule has 19 heavy (non-hydrogen) atoms. The fraction of sp³-hybridized carbons (Fsp3) is 0.231. The molecule has 1 heterocycles. The van der Waals surface area contributed by atoms with Gasteiger partial charge in [0.1, 0.15) is 11.6 Å². The molecule has 0 amide bonds. The van der Waals surface area contributed by atoms with Gasteiger partial charge in [-0.2, -0.15) is 0 Å². The summed E-state index contributed by atoms with van der Waals surface area (Å²) in [4.78, 5) is 18.6. The lowest BCUT2D eigenvalue weighted by atomic mass is 10.2. The van der Waals surface area contributed by atoms with Gasteiger partial charge in [-0.05, 0) is 32.0 Å². The van der Waals surface area contributed by atoms with Gasteiger partial charge >= 0.3 is 5.97 Å². The number of aryl methyl sites for hydroxylation is 1. The molecule has 0 fully saturated rings. The van der Waals surface area contributed by atoms with Gasteiger partial charge in [-0.3, -0.25) is 0 Å². The first-order valence-electron chi connectivity index (χ1n) is 5.72. The number of esters is 1. The molecule has 2 rings (SSSR count). The highest BCUT2D eigenvalue weighted by molar-refractivity contribution is 9.10. The Labute approximate surface area is 118 Å². The van der Waals surface area contributed by atoms with Crippen LogP contribution in [0.3, 0.4) is 0 Å². The molecule has 0 atom stereocenters. The summed E-state index contributed by atoms with van der Waals surface area (Å²) in [7, 11) is 0. The minimum absolute atomic E-state index is 0.180. The molecule has 6 heteroatoms. The van der Waals surface area contributed by atoms with Crippen molar-refractivity contribution in [3.05, 3.63) is 39.9 Å². The average molecular weight is 327 g/mol. The van der Waals surface area contributed by atoms with Crippen LogP contribution in [0.4, 0.5) is 4.39 Å². The minimum atomic E-state index is -0.514. The zero-order valence-corrected chi connectivity index (χ0v) is 12.0. The Kier molecular flexibility index (Phi) is 3.99. The lowest BCUT2D eigenvalue weighted by molar-refractivity contribution is 0.0519. The highest BCUT2D eigenvalue weighted by atomic mass is 79.9. The van der Waals surface area contributed by atoms with Crippen LogP contribution in [0.2, 0.25) is 0 Å². The monoisotopic (exact) mass is 326 g/mol. The van der Waals surface area contributed by atoms with Crippen molar-refractivity contribution in [1.82, 2.24) is 9.97 Å². The summed E-state index contributed by atoms with van der Waals surface area (Å²) in [6, 6.07) is 4.64. The molecule has 0 aliphatic carbocycles. The predicted octanol–water partition coefficient (Wildman–Crippen LogP) is 3.46. The van der Waals surface area contributed by atoms with Crippen molar-refractivity contribution in [2.75, 3.05) is 6.61 Å². The molecule has 1 aromatic heterocycles. The van der Waals surface area contributed by atoms with E-state index >= 15 is 0 Å². The van der Waals surface area contributed by atoms with E-state index in [4.69, 9.17) is 4.74 Å². The van der Waals surface area contributed by atoms with E-state index < -0.39 is 11.8 Å². The first-order chi connectivity index (χ1) is 9.02. The molecule has 0 radical (unpaired) electrons. The lowest BCUT2D eigenvalue weighted by Crippen LogP contribution is -2.06. The Morgan fingerprint density at radius 2 is 2.26 bits per heavy atom. The quantitative estimate of drug-likeness (QED) is 0.879. The number of aromatic nitrogens is 2. The second kappa shape index (κ2) is 5.52. The number of hydrogen-bond donors (Lipinski definition) is 1. The summed E-state index contributed by atoms with van der Waals surface area (Å²) in [6.45, 7) is 3.68. The molecule has 0 saturated carbocycles. The predicted molar refractivity (Wildman–Crippen MR) is 72.4 cm³/mol. The van der Waals surface area contributed by atoms with Gasteiger partial charge in [0.05, 0.1) is 12.2 Å². The molecule has 0 unspecified atom stereocenters. The topological polar surface area (TPSA) is 55.0 Å². The van der Waals surface area contributed by atoms with Crippen LogP contribution >= 0.6 is 15.9 Å². The second-order valence-corrected chi connectivity index (χ2v) is 4.82. The van der Waals surface area contributed by atoms with Crippen molar-refractivity contribution in [2.24, 2.45) is 0 Å².